The molecule has 0 spiro atoms. The maximum Gasteiger partial charge on any atom is 0.329 e. The number of nitrogens with one attached hydrogen (secondary N) is 1. The number of aromatic amines is 1. The smallest absolute Gasteiger partial charge is 0.329 e. The van der Waals surface area contributed by atoms with E-state index in [2.05, 4.69) is 19.9 Å². The van der Waals surface area contributed by atoms with Crippen LogP contribution in [0.4, 0.5) is 0 Å². The Morgan fingerprint density at radius 2 is 1.94 bits per heavy atom. The van der Waals surface area contributed by atoms with Gasteiger partial charge in [0.25, 0.3) is 5.56 Å². The number of pyridine rings is 3. The summed E-state index contributed by atoms with van der Waals surface area (Å²) in [7, 11) is 1.62. The van der Waals surface area contributed by atoms with Crippen molar-refractivity contribution in [1.29, 1.82) is 0 Å². The molecule has 9 nitrogen and oxygen atoms in total. The summed E-state index contributed by atoms with van der Waals surface area (Å²) in [6, 6.07) is 7.50. The maximum absolute atomic E-state index is 13.1. The zero-order chi connectivity index (χ0) is 23.8. The van der Waals surface area contributed by atoms with Gasteiger partial charge in [0.05, 0.1) is 28.7 Å². The summed E-state index contributed by atoms with van der Waals surface area (Å²) in [5, 5.41) is 0.344. The largest absolute Gasteiger partial charge is 0.378 e. The average Bonchev–Trinajstić information content (AvgIpc) is 2.84. The first-order valence-electron chi connectivity index (χ1n) is 11.1. The summed E-state index contributed by atoms with van der Waals surface area (Å²) >= 11 is 5.44. The van der Waals surface area contributed by atoms with Gasteiger partial charge in [-0.25, -0.2) is 9.78 Å². The molecule has 0 amide bonds. The van der Waals surface area contributed by atoms with Crippen molar-refractivity contribution in [2.24, 2.45) is 0 Å². The average molecular weight is 477 g/mol. The Hall–Kier alpha value is -3.50. The van der Waals surface area contributed by atoms with Gasteiger partial charge < -0.3 is 9.64 Å². The Kier molecular flexibility index (Phi) is 5.93. The van der Waals surface area contributed by atoms with E-state index in [9.17, 15) is 9.59 Å². The zero-order valence-electron chi connectivity index (χ0n) is 18.9. The first-order valence-corrected chi connectivity index (χ1v) is 11.5. The Balaban J connectivity index is 1.65. The van der Waals surface area contributed by atoms with Gasteiger partial charge in [-0.15, -0.1) is 0 Å². The lowest BCUT2D eigenvalue weighted by molar-refractivity contribution is 0.215. The molecule has 0 saturated carbocycles. The number of aromatic nitrogens is 5. The molecule has 0 atom stereocenters. The molecule has 0 aliphatic carbocycles. The number of hydrogen-bond donors (Lipinski definition) is 1. The first kappa shape index (κ1) is 22.3. The van der Waals surface area contributed by atoms with Gasteiger partial charge in [-0.05, 0) is 44.0 Å². The number of rotatable bonds is 4. The molecule has 5 rings (SSSR count). The number of nitrogens with zero attached hydrogens (tertiary/aromatic N) is 5. The second kappa shape index (κ2) is 9.03. The Bertz CT molecular complexity index is 1500. The van der Waals surface area contributed by atoms with Crippen LogP contribution in [0.5, 0.6) is 0 Å². The van der Waals surface area contributed by atoms with Crippen LogP contribution in [-0.2, 0) is 4.74 Å². The highest BCUT2D eigenvalue weighted by Gasteiger charge is 2.26. The van der Waals surface area contributed by atoms with Gasteiger partial charge in [-0.2, -0.15) is 0 Å². The van der Waals surface area contributed by atoms with Gasteiger partial charge >= 0.3 is 5.69 Å². The molecule has 0 bridgehead atoms. The highest BCUT2D eigenvalue weighted by atomic mass is 32.1. The standard InChI is InChI=1S/C24H24N6O3S/c1-14-3-4-15(11-25-14)18-5-6-19-21(27-18)22-17(12-26-19)23(31)28-24(32)30(22)16-7-9-29(10-8-16)20(34)13-33-2/h3-6,11-12,16H,7-10,13H2,1-2H3,(H,28,31,32). The molecular weight excluding hydrogens is 452 g/mol. The molecule has 4 aromatic rings. The highest BCUT2D eigenvalue weighted by molar-refractivity contribution is 7.80. The third kappa shape index (κ3) is 3.99. The monoisotopic (exact) mass is 476 g/mol. The zero-order valence-corrected chi connectivity index (χ0v) is 19.8. The third-order valence-corrected chi connectivity index (χ3v) is 6.64. The quantitative estimate of drug-likeness (QED) is 0.354. The van der Waals surface area contributed by atoms with Gasteiger partial charge in [0.2, 0.25) is 0 Å². The fourth-order valence-electron chi connectivity index (χ4n) is 4.51. The molecule has 0 unspecified atom stereocenters. The van der Waals surface area contributed by atoms with Crippen molar-refractivity contribution in [1.82, 2.24) is 29.4 Å². The summed E-state index contributed by atoms with van der Waals surface area (Å²) in [6.07, 6.45) is 4.69. The molecular formula is C24H24N6O3S. The predicted octanol–water partition coefficient (Wildman–Crippen LogP) is 2.61. The minimum atomic E-state index is -0.464. The van der Waals surface area contributed by atoms with Crippen LogP contribution in [0.3, 0.4) is 0 Å². The van der Waals surface area contributed by atoms with E-state index >= 15 is 0 Å². The number of piperidine rings is 1. The molecule has 4 aromatic heterocycles. The number of thiocarbonyl (C=S) groups is 1. The Morgan fingerprint density at radius 1 is 1.15 bits per heavy atom. The van der Waals surface area contributed by atoms with E-state index in [4.69, 9.17) is 21.9 Å². The lowest BCUT2D eigenvalue weighted by Crippen LogP contribution is -2.42. The number of likely N-dealkylation sites (tertiary alicyclic amines) is 1. The van der Waals surface area contributed by atoms with E-state index in [-0.39, 0.29) is 6.04 Å². The summed E-state index contributed by atoms with van der Waals surface area (Å²) < 4.78 is 6.85. The van der Waals surface area contributed by atoms with Crippen molar-refractivity contribution in [3.63, 3.8) is 0 Å². The van der Waals surface area contributed by atoms with E-state index in [0.29, 0.717) is 60.2 Å². The normalized spacial score (nSPS) is 14.7. The van der Waals surface area contributed by atoms with Crippen LogP contribution in [0, 0.1) is 6.92 Å². The minimum absolute atomic E-state index is 0.106. The van der Waals surface area contributed by atoms with Crippen LogP contribution in [0.1, 0.15) is 24.6 Å². The van der Waals surface area contributed by atoms with Crippen molar-refractivity contribution < 1.29 is 4.74 Å². The van der Waals surface area contributed by atoms with E-state index in [1.54, 1.807) is 17.9 Å². The summed E-state index contributed by atoms with van der Waals surface area (Å²) in [5.41, 5.74) is 3.22. The minimum Gasteiger partial charge on any atom is -0.378 e. The summed E-state index contributed by atoms with van der Waals surface area (Å²) in [5.74, 6) is 0. The number of H-pyrrole nitrogens is 1. The molecule has 0 radical (unpaired) electrons. The molecule has 1 fully saturated rings. The summed E-state index contributed by atoms with van der Waals surface area (Å²) in [6.45, 7) is 3.74. The van der Waals surface area contributed by atoms with Crippen molar-refractivity contribution in [3.8, 4) is 11.3 Å². The van der Waals surface area contributed by atoms with Crippen LogP contribution < -0.4 is 11.2 Å². The van der Waals surface area contributed by atoms with Crippen LogP contribution in [0.15, 0.2) is 46.2 Å². The van der Waals surface area contributed by atoms with Gasteiger partial charge in [0.15, 0.2) is 0 Å². The second-order valence-electron chi connectivity index (χ2n) is 8.45. The van der Waals surface area contributed by atoms with Crippen molar-refractivity contribution in [2.75, 3.05) is 26.8 Å². The van der Waals surface area contributed by atoms with Crippen LogP contribution in [0.25, 0.3) is 33.2 Å². The number of methoxy groups -OCH3 is 1. The van der Waals surface area contributed by atoms with Crippen molar-refractivity contribution in [2.45, 2.75) is 25.8 Å². The lowest BCUT2D eigenvalue weighted by atomic mass is 10.0. The van der Waals surface area contributed by atoms with Crippen molar-refractivity contribution in [3.05, 3.63) is 63.2 Å². The molecule has 174 valence electrons. The number of hydrogen-bond acceptors (Lipinski definition) is 7. The van der Waals surface area contributed by atoms with Crippen LogP contribution in [0.2, 0.25) is 0 Å². The topological polar surface area (TPSA) is 106 Å². The van der Waals surface area contributed by atoms with E-state index in [1.165, 1.54) is 6.20 Å². The maximum atomic E-state index is 13.1. The Labute approximate surface area is 200 Å². The third-order valence-electron chi connectivity index (χ3n) is 6.27. The van der Waals surface area contributed by atoms with Gasteiger partial charge in [0.1, 0.15) is 10.5 Å². The molecule has 1 aliphatic heterocycles. The molecule has 1 aliphatic rings. The van der Waals surface area contributed by atoms with Crippen LogP contribution >= 0.6 is 12.2 Å². The Morgan fingerprint density at radius 3 is 2.65 bits per heavy atom. The van der Waals surface area contributed by atoms with E-state index in [1.807, 2.05) is 31.2 Å². The molecule has 5 heterocycles. The number of fused-ring (bicyclic) bond motifs is 3. The van der Waals surface area contributed by atoms with Gasteiger partial charge in [-0.1, -0.05) is 12.2 Å². The van der Waals surface area contributed by atoms with Gasteiger partial charge in [-0.3, -0.25) is 24.3 Å². The first-order chi connectivity index (χ1) is 16.5. The molecule has 0 aromatic carbocycles. The number of aryl methyl sites for hydroxylation is 1. The SMILES string of the molecule is COCC(=S)N1CCC(n2c(=O)[nH]c(=O)c3cnc4ccc(-c5ccc(C)nc5)nc4c32)CC1. The molecule has 10 heteroatoms. The van der Waals surface area contributed by atoms with Crippen LogP contribution in [-0.4, -0.2) is 61.2 Å². The fraction of sp³-hybridized carbons (Fsp3) is 0.333. The molecule has 34 heavy (non-hydrogen) atoms. The lowest BCUT2D eigenvalue weighted by Gasteiger charge is -2.34. The fourth-order valence-corrected chi connectivity index (χ4v) is 4.81. The molecule has 1 N–H and O–H groups in total. The van der Waals surface area contributed by atoms with Crippen molar-refractivity contribution >= 4 is 39.1 Å². The van der Waals surface area contributed by atoms with E-state index in [0.717, 1.165) is 16.2 Å². The summed E-state index contributed by atoms with van der Waals surface area (Å²) in [4.78, 5) is 44.8. The van der Waals surface area contributed by atoms with E-state index < -0.39 is 11.2 Å². The predicted molar refractivity (Wildman–Crippen MR) is 134 cm³/mol. The highest BCUT2D eigenvalue weighted by Crippen LogP contribution is 2.28. The number of ether oxygens (including phenoxy) is 1. The van der Waals surface area contributed by atoms with Gasteiger partial charge in [0, 0.05) is 49.9 Å². The molecule has 1 saturated heterocycles. The second-order valence-corrected chi connectivity index (χ2v) is 8.92.